The predicted molar refractivity (Wildman–Crippen MR) is 108 cm³/mol. The van der Waals surface area contributed by atoms with Crippen molar-refractivity contribution >= 4 is 23.1 Å². The Kier molecular flexibility index (Phi) is 4.74. The molecule has 4 rings (SSSR count). The van der Waals surface area contributed by atoms with Gasteiger partial charge >= 0.3 is 0 Å². The molecule has 0 radical (unpaired) electrons. The van der Waals surface area contributed by atoms with Crippen LogP contribution in [-0.4, -0.2) is 4.98 Å². The Morgan fingerprint density at radius 1 is 0.692 bits per heavy atom. The van der Waals surface area contributed by atoms with Crippen LogP contribution < -0.4 is 4.74 Å². The van der Waals surface area contributed by atoms with E-state index >= 15 is 0 Å². The molecular formula is C24H19NO. The first-order valence-corrected chi connectivity index (χ1v) is 8.68. The number of fused-ring (bicyclic) bond motifs is 1. The maximum atomic E-state index is 6.04. The maximum absolute atomic E-state index is 6.04. The minimum absolute atomic E-state index is 0.533. The molecule has 0 N–H and O–H groups in total. The molecule has 126 valence electrons. The van der Waals surface area contributed by atoms with Crippen molar-refractivity contribution in [3.63, 3.8) is 0 Å². The molecule has 0 aliphatic carbocycles. The van der Waals surface area contributed by atoms with Gasteiger partial charge < -0.3 is 4.74 Å². The summed E-state index contributed by atoms with van der Waals surface area (Å²) in [6.45, 7) is 0.533. The van der Waals surface area contributed by atoms with Gasteiger partial charge in [0.15, 0.2) is 0 Å². The topological polar surface area (TPSA) is 22.1 Å². The SMILES string of the molecule is C(=Cc1ccc2cccc(OCc3ccccc3)c2n1)c1ccccc1. The molecule has 0 amide bonds. The van der Waals surface area contributed by atoms with Gasteiger partial charge in [-0.2, -0.15) is 0 Å². The molecule has 0 spiro atoms. The van der Waals surface area contributed by atoms with Gasteiger partial charge in [-0.3, -0.25) is 0 Å². The standard InChI is InChI=1S/C24H19NO/c1-3-8-19(9-4-1)14-16-22-17-15-21-12-7-13-23(24(21)25-22)26-18-20-10-5-2-6-11-20/h1-17H,18H2. The van der Waals surface area contributed by atoms with Crippen molar-refractivity contribution in [2.24, 2.45) is 0 Å². The summed E-state index contributed by atoms with van der Waals surface area (Å²) in [5, 5.41) is 1.08. The molecule has 1 heterocycles. The van der Waals surface area contributed by atoms with Gasteiger partial charge in [0.25, 0.3) is 0 Å². The van der Waals surface area contributed by atoms with Gasteiger partial charge in [-0.25, -0.2) is 4.98 Å². The van der Waals surface area contributed by atoms with E-state index in [9.17, 15) is 0 Å². The van der Waals surface area contributed by atoms with Crippen LogP contribution in [0, 0.1) is 0 Å². The lowest BCUT2D eigenvalue weighted by molar-refractivity contribution is 0.309. The molecule has 0 aliphatic rings. The minimum Gasteiger partial charge on any atom is -0.487 e. The highest BCUT2D eigenvalue weighted by Crippen LogP contribution is 2.25. The fourth-order valence-electron chi connectivity index (χ4n) is 2.83. The average Bonchev–Trinajstić information content (AvgIpc) is 2.72. The molecule has 0 saturated heterocycles. The minimum atomic E-state index is 0.533. The second-order valence-electron chi connectivity index (χ2n) is 6.08. The van der Waals surface area contributed by atoms with Crippen molar-refractivity contribution in [3.05, 3.63) is 108 Å². The number of hydrogen-bond acceptors (Lipinski definition) is 2. The molecule has 0 aliphatic heterocycles. The number of pyridine rings is 1. The fourth-order valence-corrected chi connectivity index (χ4v) is 2.83. The van der Waals surface area contributed by atoms with Gasteiger partial charge in [0.2, 0.25) is 0 Å². The summed E-state index contributed by atoms with van der Waals surface area (Å²) in [6, 6.07) is 30.6. The van der Waals surface area contributed by atoms with Gasteiger partial charge in [0.05, 0.1) is 5.69 Å². The molecule has 0 saturated carbocycles. The third-order valence-corrected chi connectivity index (χ3v) is 4.19. The van der Waals surface area contributed by atoms with Crippen LogP contribution in [0.1, 0.15) is 16.8 Å². The summed E-state index contributed by atoms with van der Waals surface area (Å²) < 4.78 is 6.04. The summed E-state index contributed by atoms with van der Waals surface area (Å²) in [5.74, 6) is 0.807. The monoisotopic (exact) mass is 337 g/mol. The number of benzene rings is 3. The lowest BCUT2D eigenvalue weighted by Gasteiger charge is -2.09. The van der Waals surface area contributed by atoms with Crippen molar-refractivity contribution in [1.82, 2.24) is 4.98 Å². The molecule has 2 heteroatoms. The number of aromatic nitrogens is 1. The second kappa shape index (κ2) is 7.66. The zero-order chi connectivity index (χ0) is 17.6. The van der Waals surface area contributed by atoms with Crippen LogP contribution in [0.2, 0.25) is 0 Å². The van der Waals surface area contributed by atoms with E-state index in [1.807, 2.05) is 60.7 Å². The van der Waals surface area contributed by atoms with E-state index in [4.69, 9.17) is 9.72 Å². The Morgan fingerprint density at radius 3 is 2.27 bits per heavy atom. The lowest BCUT2D eigenvalue weighted by Crippen LogP contribution is -1.97. The first kappa shape index (κ1) is 16.1. The highest BCUT2D eigenvalue weighted by molar-refractivity contribution is 5.86. The quantitative estimate of drug-likeness (QED) is 0.446. The van der Waals surface area contributed by atoms with Crippen LogP contribution in [0.15, 0.2) is 91.0 Å². The number of nitrogens with zero attached hydrogens (tertiary/aromatic N) is 1. The third-order valence-electron chi connectivity index (χ3n) is 4.19. The van der Waals surface area contributed by atoms with Crippen LogP contribution >= 0.6 is 0 Å². The zero-order valence-electron chi connectivity index (χ0n) is 14.4. The van der Waals surface area contributed by atoms with Gasteiger partial charge in [-0.15, -0.1) is 0 Å². The molecule has 26 heavy (non-hydrogen) atoms. The zero-order valence-corrected chi connectivity index (χ0v) is 14.4. The summed E-state index contributed by atoms with van der Waals surface area (Å²) in [7, 11) is 0. The van der Waals surface area contributed by atoms with Crippen molar-refractivity contribution in [2.75, 3.05) is 0 Å². The van der Waals surface area contributed by atoms with Crippen molar-refractivity contribution in [2.45, 2.75) is 6.61 Å². The summed E-state index contributed by atoms with van der Waals surface area (Å²) in [5.41, 5.74) is 4.10. The molecule has 0 unspecified atom stereocenters. The first-order chi connectivity index (χ1) is 12.9. The van der Waals surface area contributed by atoms with Gasteiger partial charge in [-0.05, 0) is 29.3 Å². The second-order valence-corrected chi connectivity index (χ2v) is 6.08. The van der Waals surface area contributed by atoms with Crippen LogP contribution in [0.4, 0.5) is 0 Å². The van der Waals surface area contributed by atoms with E-state index in [1.165, 1.54) is 0 Å². The van der Waals surface area contributed by atoms with E-state index in [1.54, 1.807) is 0 Å². The van der Waals surface area contributed by atoms with E-state index < -0.39 is 0 Å². The fraction of sp³-hybridized carbons (Fsp3) is 0.0417. The molecule has 0 fully saturated rings. The van der Waals surface area contributed by atoms with E-state index in [-0.39, 0.29) is 0 Å². The molecule has 3 aromatic carbocycles. The van der Waals surface area contributed by atoms with Crippen LogP contribution in [-0.2, 0) is 6.61 Å². The van der Waals surface area contributed by atoms with Crippen molar-refractivity contribution < 1.29 is 4.74 Å². The highest BCUT2D eigenvalue weighted by Gasteiger charge is 2.05. The number of ether oxygens (including phenoxy) is 1. The smallest absolute Gasteiger partial charge is 0.146 e. The molecule has 4 aromatic rings. The maximum Gasteiger partial charge on any atom is 0.146 e. The molecule has 2 nitrogen and oxygen atoms in total. The van der Waals surface area contributed by atoms with Crippen molar-refractivity contribution in [1.29, 1.82) is 0 Å². The first-order valence-electron chi connectivity index (χ1n) is 8.68. The molecule has 1 aromatic heterocycles. The Balaban J connectivity index is 1.61. The number of rotatable bonds is 5. The number of hydrogen-bond donors (Lipinski definition) is 0. The average molecular weight is 337 g/mol. The Bertz CT molecular complexity index is 1020. The van der Waals surface area contributed by atoms with Crippen LogP contribution in [0.25, 0.3) is 23.1 Å². The molecule has 0 bridgehead atoms. The highest BCUT2D eigenvalue weighted by atomic mass is 16.5. The summed E-state index contributed by atoms with van der Waals surface area (Å²) >= 11 is 0. The van der Waals surface area contributed by atoms with Crippen LogP contribution in [0.5, 0.6) is 5.75 Å². The van der Waals surface area contributed by atoms with Crippen molar-refractivity contribution in [3.8, 4) is 5.75 Å². The predicted octanol–water partition coefficient (Wildman–Crippen LogP) is 5.98. The Morgan fingerprint density at radius 2 is 1.46 bits per heavy atom. The molecule has 0 atom stereocenters. The third kappa shape index (κ3) is 3.81. The van der Waals surface area contributed by atoms with Gasteiger partial charge in [0, 0.05) is 5.39 Å². The Hall–Kier alpha value is -3.39. The van der Waals surface area contributed by atoms with Gasteiger partial charge in [0.1, 0.15) is 17.9 Å². The molecular weight excluding hydrogens is 318 g/mol. The van der Waals surface area contributed by atoms with Crippen LogP contribution in [0.3, 0.4) is 0 Å². The normalized spacial score (nSPS) is 11.1. The summed E-state index contributed by atoms with van der Waals surface area (Å²) in [4.78, 5) is 4.79. The van der Waals surface area contributed by atoms with E-state index in [0.717, 1.165) is 33.5 Å². The van der Waals surface area contributed by atoms with E-state index in [2.05, 4.69) is 42.5 Å². The Labute approximate surface area is 153 Å². The number of para-hydroxylation sites is 1. The largest absolute Gasteiger partial charge is 0.487 e. The lowest BCUT2D eigenvalue weighted by atomic mass is 10.1. The van der Waals surface area contributed by atoms with Gasteiger partial charge in [-0.1, -0.05) is 84.9 Å². The summed E-state index contributed by atoms with van der Waals surface area (Å²) in [6.07, 6.45) is 4.10. The van der Waals surface area contributed by atoms with E-state index in [0.29, 0.717) is 6.61 Å².